The molecule has 0 amide bonds. The van der Waals surface area contributed by atoms with Gasteiger partial charge < -0.3 is 19.4 Å². The van der Waals surface area contributed by atoms with Crippen molar-refractivity contribution in [3.05, 3.63) is 82.3 Å². The predicted octanol–water partition coefficient (Wildman–Crippen LogP) is 8.66. The first-order chi connectivity index (χ1) is 21.4. The van der Waals surface area contributed by atoms with Crippen LogP contribution in [0.3, 0.4) is 0 Å². The highest BCUT2D eigenvalue weighted by molar-refractivity contribution is 9.08. The summed E-state index contributed by atoms with van der Waals surface area (Å²) in [5.74, 6) is 0.553. The van der Waals surface area contributed by atoms with Crippen molar-refractivity contribution in [2.45, 2.75) is 51.4 Å². The van der Waals surface area contributed by atoms with Crippen LogP contribution in [-0.2, 0) is 30.1 Å². The fourth-order valence-corrected chi connectivity index (χ4v) is 6.70. The van der Waals surface area contributed by atoms with Gasteiger partial charge in [-0.1, -0.05) is 70.0 Å². The van der Waals surface area contributed by atoms with Crippen molar-refractivity contribution >= 4 is 67.6 Å². The van der Waals surface area contributed by atoms with E-state index in [0.29, 0.717) is 42.2 Å². The number of aromatic nitrogens is 3. The molecule has 5 aromatic rings. The zero-order chi connectivity index (χ0) is 31.2. The van der Waals surface area contributed by atoms with Crippen LogP contribution in [0.2, 0.25) is 5.02 Å². The molecular weight excluding hydrogens is 675 g/mol. The average molecular weight is 717 g/mol. The Labute approximate surface area is 284 Å². The van der Waals surface area contributed by atoms with Gasteiger partial charge in [0.25, 0.3) is 0 Å². The molecule has 3 aromatic carbocycles. The second-order valence-electron chi connectivity index (χ2n) is 10.9. The number of carbonyl (C=O) groups excluding carboxylic acids is 1. The number of fused-ring (bicyclic) bond motifs is 2. The number of ether oxygens (including phenoxy) is 2. The molecule has 0 fully saturated rings. The van der Waals surface area contributed by atoms with E-state index in [1.165, 1.54) is 0 Å². The first-order valence-electron chi connectivity index (χ1n) is 15.3. The van der Waals surface area contributed by atoms with Crippen molar-refractivity contribution in [3.63, 3.8) is 0 Å². The normalized spacial score (nSPS) is 11.2. The number of benzene rings is 3. The van der Waals surface area contributed by atoms with Crippen molar-refractivity contribution in [3.8, 4) is 16.9 Å². The zero-order valence-corrected chi connectivity index (χ0v) is 29.4. The Kier molecular flexibility index (Phi) is 12.4. The number of nitrogens with one attached hydrogen (secondary N) is 1. The van der Waals surface area contributed by atoms with Crippen LogP contribution in [0.15, 0.2) is 54.6 Å². The van der Waals surface area contributed by atoms with Crippen LogP contribution in [0.1, 0.15) is 53.6 Å². The van der Waals surface area contributed by atoms with Gasteiger partial charge in [-0.25, -0.2) is 4.79 Å². The van der Waals surface area contributed by atoms with E-state index in [0.717, 1.165) is 81.3 Å². The predicted molar refractivity (Wildman–Crippen MR) is 191 cm³/mol. The monoisotopic (exact) mass is 714 g/mol. The van der Waals surface area contributed by atoms with E-state index in [-0.39, 0.29) is 18.4 Å². The Morgan fingerprint density at radius 1 is 1.02 bits per heavy atom. The molecule has 5 rings (SSSR count). The minimum atomic E-state index is -0.312. The highest BCUT2D eigenvalue weighted by Crippen LogP contribution is 2.43. The van der Waals surface area contributed by atoms with Gasteiger partial charge in [0.15, 0.2) is 0 Å². The van der Waals surface area contributed by atoms with E-state index < -0.39 is 0 Å². The minimum Gasteiger partial charge on any atom is -0.493 e. The molecule has 45 heavy (non-hydrogen) atoms. The quantitative estimate of drug-likeness (QED) is 0.0708. The van der Waals surface area contributed by atoms with E-state index in [9.17, 15) is 4.79 Å². The number of hydrogen-bond donors (Lipinski definition) is 1. The van der Waals surface area contributed by atoms with Crippen LogP contribution < -0.4 is 10.1 Å². The third-order valence-corrected chi connectivity index (χ3v) is 9.01. The molecule has 0 unspecified atom stereocenters. The SMILES string of the molecule is CCOC(=O)c1c(CCCOc2cccc3ccccc23)c2ccc(Cl)c(-c3c(CBr)nn(C)c3C)c2n1CCCCNC.Cl. The highest BCUT2D eigenvalue weighted by atomic mass is 79.9. The van der Waals surface area contributed by atoms with Crippen LogP contribution in [0.5, 0.6) is 5.75 Å². The average Bonchev–Trinajstić information content (AvgIpc) is 3.50. The summed E-state index contributed by atoms with van der Waals surface area (Å²) in [5.41, 5.74) is 6.34. The summed E-state index contributed by atoms with van der Waals surface area (Å²) in [5, 5.41) is 12.5. The fourth-order valence-electron chi connectivity index (χ4n) is 6.06. The van der Waals surface area contributed by atoms with Gasteiger partial charge in [0.1, 0.15) is 11.4 Å². The molecule has 0 aliphatic rings. The molecule has 2 aromatic heterocycles. The molecule has 0 spiro atoms. The minimum absolute atomic E-state index is 0. The van der Waals surface area contributed by atoms with Crippen LogP contribution in [-0.4, -0.2) is 47.1 Å². The van der Waals surface area contributed by atoms with E-state index in [1.54, 1.807) is 0 Å². The maximum Gasteiger partial charge on any atom is 0.355 e. The molecule has 0 bridgehead atoms. The number of alkyl halides is 1. The molecule has 2 heterocycles. The molecule has 240 valence electrons. The number of nitrogens with zero attached hydrogens (tertiary/aromatic N) is 3. The van der Waals surface area contributed by atoms with Gasteiger partial charge >= 0.3 is 5.97 Å². The van der Waals surface area contributed by atoms with E-state index in [4.69, 9.17) is 26.2 Å². The summed E-state index contributed by atoms with van der Waals surface area (Å²) >= 11 is 10.7. The summed E-state index contributed by atoms with van der Waals surface area (Å²) in [4.78, 5) is 13.7. The maximum absolute atomic E-state index is 13.7. The van der Waals surface area contributed by atoms with Gasteiger partial charge in [-0.2, -0.15) is 5.10 Å². The third kappa shape index (κ3) is 7.19. The van der Waals surface area contributed by atoms with Crippen molar-refractivity contribution in [2.75, 3.05) is 26.8 Å². The Bertz CT molecular complexity index is 1780. The topological polar surface area (TPSA) is 70.3 Å². The number of aryl methyl sites for hydroxylation is 3. The third-order valence-electron chi connectivity index (χ3n) is 8.17. The van der Waals surface area contributed by atoms with Crippen molar-refractivity contribution in [1.82, 2.24) is 19.7 Å². The lowest BCUT2D eigenvalue weighted by molar-refractivity contribution is 0.0512. The lowest BCUT2D eigenvalue weighted by atomic mass is 9.98. The van der Waals surface area contributed by atoms with Crippen molar-refractivity contribution in [1.29, 1.82) is 0 Å². The smallest absolute Gasteiger partial charge is 0.355 e. The van der Waals surface area contributed by atoms with Crippen LogP contribution >= 0.6 is 39.9 Å². The number of unbranched alkanes of at least 4 members (excludes halogenated alkanes) is 1. The number of rotatable bonds is 14. The van der Waals surface area contributed by atoms with Gasteiger partial charge in [-0.3, -0.25) is 4.68 Å². The second kappa shape index (κ2) is 16.0. The summed E-state index contributed by atoms with van der Waals surface area (Å²) in [7, 11) is 3.90. The lowest BCUT2D eigenvalue weighted by Crippen LogP contribution is -2.16. The van der Waals surface area contributed by atoms with E-state index in [2.05, 4.69) is 50.9 Å². The van der Waals surface area contributed by atoms with Gasteiger partial charge in [0.05, 0.1) is 29.4 Å². The molecule has 0 saturated heterocycles. The highest BCUT2D eigenvalue weighted by Gasteiger charge is 2.29. The largest absolute Gasteiger partial charge is 0.493 e. The Hall–Kier alpha value is -3.04. The molecular formula is C35H41BrCl2N4O3. The second-order valence-corrected chi connectivity index (χ2v) is 11.9. The van der Waals surface area contributed by atoms with Crippen LogP contribution in [0.4, 0.5) is 0 Å². The molecule has 1 N–H and O–H groups in total. The van der Waals surface area contributed by atoms with Gasteiger partial charge in [-0.15, -0.1) is 12.4 Å². The Balaban J connectivity index is 0.00000461. The van der Waals surface area contributed by atoms with Crippen molar-refractivity contribution in [2.24, 2.45) is 7.05 Å². The molecule has 0 aliphatic carbocycles. The Morgan fingerprint density at radius 3 is 2.56 bits per heavy atom. The summed E-state index contributed by atoms with van der Waals surface area (Å²) in [6.07, 6.45) is 3.24. The van der Waals surface area contributed by atoms with Gasteiger partial charge in [0, 0.05) is 46.5 Å². The van der Waals surface area contributed by atoms with Crippen LogP contribution in [0.25, 0.3) is 32.8 Å². The molecule has 0 atom stereocenters. The number of carbonyl (C=O) groups is 1. The number of halogens is 3. The van der Waals surface area contributed by atoms with Gasteiger partial charge in [0.2, 0.25) is 0 Å². The molecule has 0 aliphatic heterocycles. The van der Waals surface area contributed by atoms with Gasteiger partial charge in [-0.05, 0) is 76.2 Å². The fraction of sp³-hybridized carbons (Fsp3) is 0.371. The lowest BCUT2D eigenvalue weighted by Gasteiger charge is -2.15. The maximum atomic E-state index is 13.7. The molecule has 0 radical (unpaired) electrons. The van der Waals surface area contributed by atoms with Crippen LogP contribution in [0, 0.1) is 6.92 Å². The van der Waals surface area contributed by atoms with E-state index >= 15 is 0 Å². The zero-order valence-electron chi connectivity index (χ0n) is 26.3. The molecule has 7 nitrogen and oxygen atoms in total. The standard InChI is InChI=1S/C35H40BrClN4O3.ClH/c1-5-43-35(42)34-26(15-11-21-44-30-16-10-13-24-12-6-7-14-25(24)30)27-17-18-28(37)32(31-23(2)40(4)39-29(31)22-36)33(27)41(34)20-9-8-19-38-3;/h6-7,10,12-14,16-18,38H,5,8-9,11,15,19-22H2,1-4H3;1H. The Morgan fingerprint density at radius 2 is 1.80 bits per heavy atom. The first-order valence-corrected chi connectivity index (χ1v) is 16.8. The summed E-state index contributed by atoms with van der Waals surface area (Å²) in [6, 6.07) is 18.3. The van der Waals surface area contributed by atoms with E-state index in [1.807, 2.05) is 62.1 Å². The summed E-state index contributed by atoms with van der Waals surface area (Å²) in [6.45, 7) is 6.28. The number of esters is 1. The first kappa shape index (κ1) is 34.8. The summed E-state index contributed by atoms with van der Waals surface area (Å²) < 4.78 is 16.0. The van der Waals surface area contributed by atoms with Crippen molar-refractivity contribution < 1.29 is 14.3 Å². The molecule has 10 heteroatoms. The molecule has 0 saturated carbocycles. The number of hydrogen-bond acceptors (Lipinski definition) is 5.